The van der Waals surface area contributed by atoms with Crippen LogP contribution in [0.25, 0.3) is 11.0 Å². The Balaban J connectivity index is 1.74. The molecule has 3 rings (SSSR count). The fourth-order valence-electron chi connectivity index (χ4n) is 3.08. The number of benzene rings is 1. The van der Waals surface area contributed by atoms with E-state index in [1.807, 2.05) is 30.0 Å². The van der Waals surface area contributed by atoms with Crippen molar-refractivity contribution in [2.24, 2.45) is 0 Å². The van der Waals surface area contributed by atoms with Crippen LogP contribution in [0.15, 0.2) is 28.7 Å². The second-order valence-electron chi connectivity index (χ2n) is 5.40. The lowest BCUT2D eigenvalue weighted by Crippen LogP contribution is -2.39. The lowest BCUT2D eigenvalue weighted by Gasteiger charge is -2.31. The van der Waals surface area contributed by atoms with Gasteiger partial charge in [-0.25, -0.2) is 0 Å². The zero-order valence-electron chi connectivity index (χ0n) is 11.7. The standard InChI is InChI=1S/C16H20ClNOS/c1-20-15-9-5-3-7-13(15)18-10-12-11-6-2-4-8-14(11)19-16(12)17/h2,4,6,8,13,15,18H,3,5,7,9-10H2,1H3. The summed E-state index contributed by atoms with van der Waals surface area (Å²) in [7, 11) is 0. The van der Waals surface area contributed by atoms with Crippen LogP contribution in [0.4, 0.5) is 0 Å². The zero-order valence-corrected chi connectivity index (χ0v) is 13.3. The van der Waals surface area contributed by atoms with Crippen LogP contribution in [-0.2, 0) is 6.54 Å². The summed E-state index contributed by atoms with van der Waals surface area (Å²) in [6.07, 6.45) is 7.48. The van der Waals surface area contributed by atoms with E-state index in [0.717, 1.165) is 28.3 Å². The maximum absolute atomic E-state index is 6.24. The second-order valence-corrected chi connectivity index (χ2v) is 6.82. The molecule has 4 heteroatoms. The van der Waals surface area contributed by atoms with Crippen molar-refractivity contribution < 1.29 is 4.42 Å². The van der Waals surface area contributed by atoms with Gasteiger partial charge in [-0.05, 0) is 36.8 Å². The first-order valence-electron chi connectivity index (χ1n) is 7.21. The summed E-state index contributed by atoms with van der Waals surface area (Å²) in [4.78, 5) is 0. The van der Waals surface area contributed by atoms with E-state index in [-0.39, 0.29) is 0 Å². The Bertz CT molecular complexity index is 583. The van der Waals surface area contributed by atoms with Crippen molar-refractivity contribution in [2.45, 2.75) is 43.5 Å². The van der Waals surface area contributed by atoms with Crippen molar-refractivity contribution in [1.29, 1.82) is 0 Å². The number of rotatable bonds is 4. The number of hydrogen-bond donors (Lipinski definition) is 1. The molecule has 0 radical (unpaired) electrons. The summed E-state index contributed by atoms with van der Waals surface area (Å²) < 4.78 is 5.61. The predicted molar refractivity (Wildman–Crippen MR) is 87.6 cm³/mol. The van der Waals surface area contributed by atoms with Gasteiger partial charge in [0.05, 0.1) is 0 Å². The molecule has 0 amide bonds. The zero-order chi connectivity index (χ0) is 13.9. The molecular weight excluding hydrogens is 290 g/mol. The Morgan fingerprint density at radius 1 is 1.30 bits per heavy atom. The molecule has 0 spiro atoms. The first-order valence-corrected chi connectivity index (χ1v) is 8.88. The molecule has 2 unspecified atom stereocenters. The SMILES string of the molecule is CSC1CCCCC1NCc1c(Cl)oc2ccccc12. The summed E-state index contributed by atoms with van der Waals surface area (Å²) >= 11 is 8.22. The number of para-hydroxylation sites is 1. The molecule has 0 aliphatic heterocycles. The normalized spacial score (nSPS) is 23.3. The molecule has 1 saturated carbocycles. The van der Waals surface area contributed by atoms with Crippen LogP contribution in [0, 0.1) is 0 Å². The van der Waals surface area contributed by atoms with Gasteiger partial charge < -0.3 is 9.73 Å². The van der Waals surface area contributed by atoms with E-state index in [1.165, 1.54) is 25.7 Å². The van der Waals surface area contributed by atoms with Crippen molar-refractivity contribution in [3.63, 3.8) is 0 Å². The van der Waals surface area contributed by atoms with Crippen LogP contribution in [0.1, 0.15) is 31.2 Å². The number of hydrogen-bond acceptors (Lipinski definition) is 3. The highest BCUT2D eigenvalue weighted by Crippen LogP contribution is 2.31. The molecule has 1 aromatic carbocycles. The van der Waals surface area contributed by atoms with Gasteiger partial charge in [-0.2, -0.15) is 11.8 Å². The first-order chi connectivity index (χ1) is 9.79. The average molecular weight is 310 g/mol. The molecule has 20 heavy (non-hydrogen) atoms. The van der Waals surface area contributed by atoms with E-state index in [4.69, 9.17) is 16.0 Å². The van der Waals surface area contributed by atoms with Gasteiger partial charge in [-0.15, -0.1) is 0 Å². The van der Waals surface area contributed by atoms with E-state index < -0.39 is 0 Å². The van der Waals surface area contributed by atoms with Crippen molar-refractivity contribution in [2.75, 3.05) is 6.26 Å². The molecule has 1 aliphatic carbocycles. The van der Waals surface area contributed by atoms with Crippen LogP contribution >= 0.6 is 23.4 Å². The monoisotopic (exact) mass is 309 g/mol. The molecule has 2 aromatic rings. The molecule has 1 aliphatic rings. The summed E-state index contributed by atoms with van der Waals surface area (Å²) in [5.41, 5.74) is 1.96. The third kappa shape index (κ3) is 2.85. The summed E-state index contributed by atoms with van der Waals surface area (Å²) in [6, 6.07) is 8.64. The maximum Gasteiger partial charge on any atom is 0.199 e. The van der Waals surface area contributed by atoms with E-state index in [2.05, 4.69) is 17.6 Å². The van der Waals surface area contributed by atoms with Crippen LogP contribution in [-0.4, -0.2) is 17.5 Å². The lowest BCUT2D eigenvalue weighted by atomic mass is 9.94. The smallest absolute Gasteiger partial charge is 0.199 e. The minimum atomic E-state index is 0.523. The number of thioether (sulfide) groups is 1. The fourth-order valence-corrected chi connectivity index (χ4v) is 4.29. The van der Waals surface area contributed by atoms with Crippen molar-refractivity contribution in [3.8, 4) is 0 Å². The highest BCUT2D eigenvalue weighted by Gasteiger charge is 2.24. The quantitative estimate of drug-likeness (QED) is 0.874. The maximum atomic E-state index is 6.24. The van der Waals surface area contributed by atoms with Gasteiger partial charge in [0.2, 0.25) is 0 Å². The van der Waals surface area contributed by atoms with Crippen molar-refractivity contribution in [3.05, 3.63) is 35.0 Å². The van der Waals surface area contributed by atoms with E-state index in [9.17, 15) is 0 Å². The Morgan fingerprint density at radius 2 is 2.10 bits per heavy atom. The Labute approximate surface area is 129 Å². The van der Waals surface area contributed by atoms with Gasteiger partial charge in [0.15, 0.2) is 5.22 Å². The molecule has 2 nitrogen and oxygen atoms in total. The Hall–Kier alpha value is -0.640. The van der Waals surface area contributed by atoms with Gasteiger partial charge in [-0.1, -0.05) is 31.0 Å². The van der Waals surface area contributed by atoms with Gasteiger partial charge in [-0.3, -0.25) is 0 Å². The minimum absolute atomic E-state index is 0.523. The Kier molecular flexibility index (Phi) is 4.59. The molecule has 1 aromatic heterocycles. The van der Waals surface area contributed by atoms with Gasteiger partial charge in [0, 0.05) is 28.8 Å². The predicted octanol–water partition coefficient (Wildman–Crippen LogP) is 4.85. The van der Waals surface area contributed by atoms with E-state index in [1.54, 1.807) is 0 Å². The summed E-state index contributed by atoms with van der Waals surface area (Å²) in [5.74, 6) is 0. The molecule has 2 atom stereocenters. The highest BCUT2D eigenvalue weighted by atomic mass is 35.5. The van der Waals surface area contributed by atoms with Crippen molar-refractivity contribution in [1.82, 2.24) is 5.32 Å². The highest BCUT2D eigenvalue weighted by molar-refractivity contribution is 7.99. The summed E-state index contributed by atoms with van der Waals surface area (Å²) in [5, 5.41) is 6.07. The fraction of sp³-hybridized carbons (Fsp3) is 0.500. The van der Waals surface area contributed by atoms with E-state index in [0.29, 0.717) is 11.3 Å². The number of fused-ring (bicyclic) bond motifs is 1. The Morgan fingerprint density at radius 3 is 2.95 bits per heavy atom. The third-order valence-corrected chi connectivity index (χ3v) is 5.67. The largest absolute Gasteiger partial charge is 0.444 e. The molecule has 1 fully saturated rings. The number of furan rings is 1. The lowest BCUT2D eigenvalue weighted by molar-refractivity contribution is 0.383. The van der Waals surface area contributed by atoms with Crippen LogP contribution in [0.5, 0.6) is 0 Å². The van der Waals surface area contributed by atoms with Crippen molar-refractivity contribution >= 4 is 34.3 Å². The molecular formula is C16H20ClNOS. The van der Waals surface area contributed by atoms with Crippen LogP contribution in [0.2, 0.25) is 5.22 Å². The minimum Gasteiger partial charge on any atom is -0.444 e. The van der Waals surface area contributed by atoms with Crippen LogP contribution in [0.3, 0.4) is 0 Å². The number of halogens is 1. The number of nitrogens with one attached hydrogen (secondary N) is 1. The molecule has 1 heterocycles. The average Bonchev–Trinajstić information content (AvgIpc) is 2.81. The van der Waals surface area contributed by atoms with Gasteiger partial charge >= 0.3 is 0 Å². The summed E-state index contributed by atoms with van der Waals surface area (Å²) in [6.45, 7) is 0.789. The van der Waals surface area contributed by atoms with E-state index >= 15 is 0 Å². The molecule has 0 saturated heterocycles. The molecule has 1 N–H and O–H groups in total. The van der Waals surface area contributed by atoms with Gasteiger partial charge in [0.25, 0.3) is 0 Å². The third-order valence-electron chi connectivity index (χ3n) is 4.20. The van der Waals surface area contributed by atoms with Crippen LogP contribution < -0.4 is 5.32 Å². The second kappa shape index (κ2) is 6.42. The molecule has 0 bridgehead atoms. The first kappa shape index (κ1) is 14.3. The van der Waals surface area contributed by atoms with Gasteiger partial charge in [0.1, 0.15) is 5.58 Å². The molecule has 108 valence electrons. The topological polar surface area (TPSA) is 25.2 Å².